The quantitative estimate of drug-likeness (QED) is 0.0644. The van der Waals surface area contributed by atoms with Gasteiger partial charge in [0.25, 0.3) is 0 Å². The number of nitrogens with zero attached hydrogens (tertiary/aromatic N) is 6. The molecule has 0 saturated carbocycles. The van der Waals surface area contributed by atoms with E-state index in [0.717, 1.165) is 81.2 Å². The maximum atomic E-state index is 8.58. The molecule has 0 atom stereocenters. The smallest absolute Gasteiger partial charge is 0.167 e. The van der Waals surface area contributed by atoms with Crippen molar-refractivity contribution in [3.63, 3.8) is 0 Å². The summed E-state index contributed by atoms with van der Waals surface area (Å²) in [6.07, 6.45) is 14.3. The summed E-state index contributed by atoms with van der Waals surface area (Å²) in [6.45, 7) is 15.4. The maximum Gasteiger partial charge on any atom is 0.167 e. The number of ether oxygens (including phenoxy) is 2. The Morgan fingerprint density at radius 3 is 1.45 bits per heavy atom. The number of rotatable bonds is 9. The van der Waals surface area contributed by atoms with Crippen LogP contribution in [0.4, 0.5) is 0 Å². The first-order valence-electron chi connectivity index (χ1n) is 21.4. The molecule has 9 aromatic rings. The summed E-state index contributed by atoms with van der Waals surface area (Å²) in [4.78, 5) is 0. The molecule has 0 aliphatic carbocycles. The molecule has 11 nitrogen and oxygen atoms in total. The van der Waals surface area contributed by atoms with E-state index in [1.807, 2.05) is 67.0 Å². The first-order chi connectivity index (χ1) is 31.6. The van der Waals surface area contributed by atoms with Crippen LogP contribution >= 0.6 is 0 Å². The van der Waals surface area contributed by atoms with E-state index < -0.39 is 0 Å². The molecule has 2 N–H and O–H groups in total. The second kappa shape index (κ2) is 23.1. The van der Waals surface area contributed by atoms with Gasteiger partial charge in [0.2, 0.25) is 0 Å². The molecular weight excluding hydrogens is 825 g/mol. The van der Waals surface area contributed by atoms with E-state index in [1.165, 1.54) is 51.1 Å². The van der Waals surface area contributed by atoms with Crippen molar-refractivity contribution < 1.29 is 24.4 Å². The molecule has 0 unspecified atom stereocenters. The molecule has 11 heteroatoms. The van der Waals surface area contributed by atoms with Gasteiger partial charge >= 0.3 is 0 Å². The van der Waals surface area contributed by atoms with Gasteiger partial charge in [0.1, 0.15) is 17.2 Å². The summed E-state index contributed by atoms with van der Waals surface area (Å²) in [5.41, 5.74) is 13.1. The molecule has 340 valence electrons. The van der Waals surface area contributed by atoms with E-state index in [9.17, 15) is 0 Å². The van der Waals surface area contributed by atoms with Gasteiger partial charge in [-0.2, -0.15) is 0 Å². The lowest BCUT2D eigenvalue weighted by Gasteiger charge is -2.00. The minimum absolute atomic E-state index is 0. The van der Waals surface area contributed by atoms with E-state index >= 15 is 0 Å². The summed E-state index contributed by atoms with van der Waals surface area (Å²) in [6, 6.07) is 36.2. The Balaban J connectivity index is 0.000000174. The Labute approximate surface area is 387 Å². The molecule has 0 radical (unpaired) electrons. The SMILES string of the molecule is C.C#Cc1ccc(OC)cc1.CCn1cc(-c2cc(-c3ccc(OC)cc3)on2)c2ccc(C)cc21.CCn1cc(/C=N/O)c2ccc(C)cc21.CCn1cc(/C=N/O)c2ccc(C)cc21. The highest BCUT2D eigenvalue weighted by Crippen LogP contribution is 2.34. The van der Waals surface area contributed by atoms with E-state index in [4.69, 9.17) is 30.8 Å². The van der Waals surface area contributed by atoms with E-state index in [0.29, 0.717) is 0 Å². The third-order valence-corrected chi connectivity index (χ3v) is 11.0. The fraction of sp³-hybridized carbons (Fsp3) is 0.218. The van der Waals surface area contributed by atoms with Crippen LogP contribution in [0.2, 0.25) is 0 Å². The zero-order valence-electron chi connectivity index (χ0n) is 38.3. The lowest BCUT2D eigenvalue weighted by atomic mass is 10.1. The van der Waals surface area contributed by atoms with Crippen molar-refractivity contribution in [1.82, 2.24) is 18.9 Å². The van der Waals surface area contributed by atoms with Gasteiger partial charge in [-0.15, -0.1) is 6.42 Å². The van der Waals surface area contributed by atoms with Crippen molar-refractivity contribution in [3.05, 3.63) is 161 Å². The average Bonchev–Trinajstić information content (AvgIpc) is 4.13. The van der Waals surface area contributed by atoms with Gasteiger partial charge in [-0.05, 0) is 125 Å². The third kappa shape index (κ3) is 11.4. The maximum absolute atomic E-state index is 8.58. The van der Waals surface area contributed by atoms with Gasteiger partial charge in [0.15, 0.2) is 5.76 Å². The summed E-state index contributed by atoms with van der Waals surface area (Å²) >= 11 is 0. The Bertz CT molecular complexity index is 2990. The third-order valence-electron chi connectivity index (χ3n) is 11.0. The molecule has 0 aliphatic rings. The second-order valence-electron chi connectivity index (χ2n) is 15.3. The van der Waals surface area contributed by atoms with Crippen LogP contribution in [0.1, 0.15) is 61.6 Å². The number of aryl methyl sites for hydroxylation is 6. The van der Waals surface area contributed by atoms with Crippen molar-refractivity contribution >= 4 is 45.1 Å². The highest BCUT2D eigenvalue weighted by Gasteiger charge is 2.15. The molecule has 0 saturated heterocycles. The van der Waals surface area contributed by atoms with Crippen LogP contribution in [0, 0.1) is 33.1 Å². The molecule has 0 spiro atoms. The first kappa shape index (κ1) is 49.1. The molecule has 5 aromatic carbocycles. The monoisotopic (exact) mass is 884 g/mol. The molecule has 0 aliphatic heterocycles. The fourth-order valence-corrected chi connectivity index (χ4v) is 7.56. The minimum Gasteiger partial charge on any atom is -0.497 e. The van der Waals surface area contributed by atoms with Gasteiger partial charge in [0, 0.05) is 105 Å². The van der Waals surface area contributed by atoms with Crippen molar-refractivity contribution in [3.8, 4) is 46.4 Å². The van der Waals surface area contributed by atoms with Crippen molar-refractivity contribution in [2.75, 3.05) is 14.2 Å². The molecule has 0 fully saturated rings. The first-order valence-corrected chi connectivity index (χ1v) is 21.4. The Morgan fingerprint density at radius 2 is 1.03 bits per heavy atom. The van der Waals surface area contributed by atoms with Gasteiger partial charge in [0.05, 0.1) is 26.6 Å². The molecule has 4 aromatic heterocycles. The molecule has 0 amide bonds. The Morgan fingerprint density at radius 1 is 0.606 bits per heavy atom. The van der Waals surface area contributed by atoms with Crippen LogP contribution in [0.5, 0.6) is 11.5 Å². The second-order valence-corrected chi connectivity index (χ2v) is 15.3. The number of methoxy groups -OCH3 is 2. The number of oxime groups is 2. The number of hydrogen-bond acceptors (Lipinski definition) is 8. The zero-order chi connectivity index (χ0) is 46.5. The highest BCUT2D eigenvalue weighted by molar-refractivity contribution is 6.00. The normalized spacial score (nSPS) is 10.8. The molecule has 66 heavy (non-hydrogen) atoms. The summed E-state index contributed by atoms with van der Waals surface area (Å²) in [5.74, 6) is 4.93. The van der Waals surface area contributed by atoms with Crippen molar-refractivity contribution in [1.29, 1.82) is 0 Å². The number of benzene rings is 5. The Hall–Kier alpha value is -7.97. The number of fused-ring (bicyclic) bond motifs is 3. The van der Waals surface area contributed by atoms with Crippen LogP contribution in [0.3, 0.4) is 0 Å². The summed E-state index contributed by atoms with van der Waals surface area (Å²) in [5, 5.41) is 31.1. The summed E-state index contributed by atoms with van der Waals surface area (Å²) < 4.78 is 22.3. The lowest BCUT2D eigenvalue weighted by Crippen LogP contribution is -1.90. The van der Waals surface area contributed by atoms with Crippen LogP contribution in [-0.4, -0.2) is 55.9 Å². The summed E-state index contributed by atoms with van der Waals surface area (Å²) in [7, 11) is 3.29. The zero-order valence-corrected chi connectivity index (χ0v) is 38.3. The predicted octanol–water partition coefficient (Wildman–Crippen LogP) is 13.2. The van der Waals surface area contributed by atoms with Crippen LogP contribution in [0.25, 0.3) is 55.3 Å². The average molecular weight is 885 g/mol. The predicted molar refractivity (Wildman–Crippen MR) is 271 cm³/mol. The van der Waals surface area contributed by atoms with Gasteiger partial charge in [-0.25, -0.2) is 0 Å². The molecule has 9 rings (SSSR count). The fourth-order valence-electron chi connectivity index (χ4n) is 7.56. The van der Waals surface area contributed by atoms with E-state index in [2.05, 4.69) is 137 Å². The lowest BCUT2D eigenvalue weighted by molar-refractivity contribution is 0.321. The molecular formula is C55H60N6O5. The van der Waals surface area contributed by atoms with Crippen LogP contribution < -0.4 is 9.47 Å². The van der Waals surface area contributed by atoms with E-state index in [-0.39, 0.29) is 7.43 Å². The molecule has 4 heterocycles. The van der Waals surface area contributed by atoms with Crippen LogP contribution in [0.15, 0.2) is 143 Å². The number of hydrogen-bond donors (Lipinski definition) is 2. The molecule has 0 bridgehead atoms. The van der Waals surface area contributed by atoms with Gasteiger partial charge in [-0.1, -0.05) is 65.2 Å². The van der Waals surface area contributed by atoms with Crippen molar-refractivity contribution in [2.45, 2.75) is 68.6 Å². The topological polar surface area (TPSA) is 124 Å². The minimum atomic E-state index is 0. The van der Waals surface area contributed by atoms with Gasteiger partial charge in [-0.3, -0.25) is 0 Å². The van der Waals surface area contributed by atoms with Crippen molar-refractivity contribution in [2.24, 2.45) is 10.3 Å². The van der Waals surface area contributed by atoms with E-state index in [1.54, 1.807) is 14.2 Å². The van der Waals surface area contributed by atoms with Gasteiger partial charge < -0.3 is 38.1 Å². The standard InChI is InChI=1S/C21H20N2O2.2C12H14N2O.C9H8O.CH4/c1-4-23-13-18(17-10-5-14(2)11-20(17)23)19-12-21(25-22-19)15-6-8-16(24-3)9-7-15;2*1-3-14-8-10(7-13-15)11-5-4-9(2)6-12(11)14;1-3-8-4-6-9(10-2)7-5-8;/h5-13H,4H2,1-3H3;2*4-8,15H,3H2,1-2H3;1,4-7H,2H3;1H4/b;2*13-7+;;. The Kier molecular flexibility index (Phi) is 17.2. The highest BCUT2D eigenvalue weighted by atomic mass is 16.5. The number of aromatic nitrogens is 4. The number of terminal acetylenes is 1. The van der Waals surface area contributed by atoms with Crippen LogP contribution in [-0.2, 0) is 19.6 Å². The largest absolute Gasteiger partial charge is 0.497 e.